The zero-order valence-electron chi connectivity index (χ0n) is 16.5. The Hall–Kier alpha value is -1.35. The number of rotatable bonds is 3. The summed E-state index contributed by atoms with van der Waals surface area (Å²) in [5.74, 6) is 1.02. The maximum Gasteiger partial charge on any atom is 0.220 e. The van der Waals surface area contributed by atoms with Crippen LogP contribution in [0, 0.1) is 5.41 Å². The van der Waals surface area contributed by atoms with Gasteiger partial charge in [-0.2, -0.15) is 0 Å². The van der Waals surface area contributed by atoms with Gasteiger partial charge in [0, 0.05) is 38.0 Å². The van der Waals surface area contributed by atoms with Crippen LogP contribution in [0.25, 0.3) is 0 Å². The number of carbonyl (C=O) groups excluding carboxylic acids is 1. The average Bonchev–Trinajstić information content (AvgIpc) is 3.20. The first-order chi connectivity index (χ1) is 13.0. The molecule has 0 saturated carbocycles. The quantitative estimate of drug-likeness (QED) is 0.339. The first-order valence-corrected chi connectivity index (χ1v) is 10.1. The van der Waals surface area contributed by atoms with Crippen molar-refractivity contribution < 1.29 is 9.90 Å². The molecule has 0 aromatic heterocycles. The van der Waals surface area contributed by atoms with Crippen LogP contribution in [0.15, 0.2) is 29.3 Å². The third kappa shape index (κ3) is 4.15. The zero-order valence-corrected chi connectivity index (χ0v) is 18.9. The van der Waals surface area contributed by atoms with Crippen molar-refractivity contribution in [1.82, 2.24) is 15.5 Å². The summed E-state index contributed by atoms with van der Waals surface area (Å²) < 4.78 is 0. The van der Waals surface area contributed by atoms with Crippen molar-refractivity contribution >= 4 is 35.8 Å². The SMILES string of the molecule is CCNC(=NCC1(O)CCc2ccccc21)N1CCCC2(CNC(=O)C2)C1.I. The molecule has 1 aliphatic carbocycles. The molecule has 7 heteroatoms. The van der Waals surface area contributed by atoms with Crippen molar-refractivity contribution in [2.75, 3.05) is 32.7 Å². The lowest BCUT2D eigenvalue weighted by Crippen LogP contribution is -2.51. The number of carbonyl (C=O) groups is 1. The van der Waals surface area contributed by atoms with Gasteiger partial charge in [0.25, 0.3) is 0 Å². The van der Waals surface area contributed by atoms with Crippen molar-refractivity contribution in [2.45, 2.75) is 44.6 Å². The monoisotopic (exact) mass is 498 g/mol. The predicted molar refractivity (Wildman–Crippen MR) is 121 cm³/mol. The van der Waals surface area contributed by atoms with E-state index in [0.29, 0.717) is 13.0 Å². The lowest BCUT2D eigenvalue weighted by Gasteiger charge is -2.41. The second-order valence-corrected chi connectivity index (χ2v) is 8.34. The molecule has 28 heavy (non-hydrogen) atoms. The lowest BCUT2D eigenvalue weighted by molar-refractivity contribution is -0.119. The fraction of sp³-hybridized carbons (Fsp3) is 0.619. The van der Waals surface area contributed by atoms with Crippen molar-refractivity contribution in [2.24, 2.45) is 10.4 Å². The van der Waals surface area contributed by atoms with Gasteiger partial charge in [-0.1, -0.05) is 24.3 Å². The molecule has 0 radical (unpaired) electrons. The Kier molecular flexibility index (Phi) is 6.54. The third-order valence-electron chi connectivity index (χ3n) is 6.31. The van der Waals surface area contributed by atoms with Crippen LogP contribution in [-0.2, 0) is 16.8 Å². The Morgan fingerprint density at radius 2 is 2.18 bits per heavy atom. The van der Waals surface area contributed by atoms with Crippen LogP contribution in [0.4, 0.5) is 0 Å². The normalized spacial score (nSPS) is 29.4. The molecule has 154 valence electrons. The van der Waals surface area contributed by atoms with Crippen molar-refractivity contribution in [3.63, 3.8) is 0 Å². The third-order valence-corrected chi connectivity index (χ3v) is 6.31. The predicted octanol–water partition coefficient (Wildman–Crippen LogP) is 2.01. The van der Waals surface area contributed by atoms with Crippen LogP contribution in [-0.4, -0.2) is 54.6 Å². The van der Waals surface area contributed by atoms with E-state index in [4.69, 9.17) is 4.99 Å². The van der Waals surface area contributed by atoms with Gasteiger partial charge in [-0.25, -0.2) is 4.99 Å². The number of fused-ring (bicyclic) bond motifs is 1. The van der Waals surface area contributed by atoms with E-state index < -0.39 is 5.60 Å². The maximum atomic E-state index is 11.8. The number of aliphatic imine (C=N–C) groups is 1. The summed E-state index contributed by atoms with van der Waals surface area (Å²) in [7, 11) is 0. The number of benzene rings is 1. The van der Waals surface area contributed by atoms with Crippen molar-refractivity contribution in [1.29, 1.82) is 0 Å². The van der Waals surface area contributed by atoms with Crippen molar-refractivity contribution in [3.8, 4) is 0 Å². The molecule has 1 aromatic carbocycles. The Bertz CT molecular complexity index is 756. The lowest BCUT2D eigenvalue weighted by atomic mass is 9.79. The summed E-state index contributed by atoms with van der Waals surface area (Å²) in [6, 6.07) is 8.14. The van der Waals surface area contributed by atoms with E-state index in [0.717, 1.165) is 63.4 Å². The molecule has 4 rings (SSSR count). The molecule has 3 aliphatic rings. The molecular formula is C21H31IN4O2. The van der Waals surface area contributed by atoms with Gasteiger partial charge < -0.3 is 20.6 Å². The van der Waals surface area contributed by atoms with Crippen LogP contribution >= 0.6 is 24.0 Å². The smallest absolute Gasteiger partial charge is 0.220 e. The highest BCUT2D eigenvalue weighted by molar-refractivity contribution is 14.0. The average molecular weight is 498 g/mol. The highest BCUT2D eigenvalue weighted by Crippen LogP contribution is 2.38. The number of aliphatic hydroxyl groups is 1. The Balaban J connectivity index is 0.00000225. The van der Waals surface area contributed by atoms with Gasteiger partial charge >= 0.3 is 0 Å². The largest absolute Gasteiger partial charge is 0.383 e. The highest BCUT2D eigenvalue weighted by atomic mass is 127. The number of amides is 1. The molecule has 0 bridgehead atoms. The van der Waals surface area contributed by atoms with E-state index in [1.165, 1.54) is 5.56 Å². The summed E-state index contributed by atoms with van der Waals surface area (Å²) in [4.78, 5) is 18.9. The van der Waals surface area contributed by atoms with E-state index in [1.54, 1.807) is 0 Å². The number of hydrogen-bond acceptors (Lipinski definition) is 3. The van der Waals surface area contributed by atoms with Crippen LogP contribution in [0.3, 0.4) is 0 Å². The summed E-state index contributed by atoms with van der Waals surface area (Å²) in [6.07, 6.45) is 4.38. The van der Waals surface area contributed by atoms with Gasteiger partial charge in [0.2, 0.25) is 5.91 Å². The molecule has 2 heterocycles. The standard InChI is InChI=1S/C21H30N4O2.HI/c1-2-22-19(25-11-5-9-20(15-25)12-18(26)23-13-20)24-14-21(27)10-8-16-6-3-4-7-17(16)21;/h3-4,6-7,27H,2,5,8-15H2,1H3,(H,22,24)(H,23,26);1H. The van der Waals surface area contributed by atoms with E-state index in [1.807, 2.05) is 18.2 Å². The fourth-order valence-corrected chi connectivity index (χ4v) is 4.89. The number of nitrogens with one attached hydrogen (secondary N) is 2. The van der Waals surface area contributed by atoms with Gasteiger partial charge in [0.1, 0.15) is 5.60 Å². The van der Waals surface area contributed by atoms with Crippen molar-refractivity contribution in [3.05, 3.63) is 35.4 Å². The fourth-order valence-electron chi connectivity index (χ4n) is 4.89. The van der Waals surface area contributed by atoms with E-state index in [2.05, 4.69) is 28.5 Å². The molecule has 2 saturated heterocycles. The van der Waals surface area contributed by atoms with Gasteiger partial charge in [0.05, 0.1) is 6.54 Å². The molecule has 2 aliphatic heterocycles. The second kappa shape index (κ2) is 8.57. The van der Waals surface area contributed by atoms with E-state index in [9.17, 15) is 9.90 Å². The van der Waals surface area contributed by atoms with Gasteiger partial charge in [-0.3, -0.25) is 4.79 Å². The topological polar surface area (TPSA) is 77.0 Å². The molecule has 2 atom stereocenters. The minimum Gasteiger partial charge on any atom is -0.383 e. The Morgan fingerprint density at radius 1 is 1.36 bits per heavy atom. The molecule has 6 nitrogen and oxygen atoms in total. The maximum absolute atomic E-state index is 11.8. The number of piperidine rings is 1. The molecule has 2 unspecified atom stereocenters. The minimum atomic E-state index is -0.879. The van der Waals surface area contributed by atoms with Crippen LogP contribution < -0.4 is 10.6 Å². The first-order valence-electron chi connectivity index (χ1n) is 10.1. The summed E-state index contributed by atoms with van der Waals surface area (Å²) in [5, 5.41) is 17.6. The zero-order chi connectivity index (χ0) is 18.9. The summed E-state index contributed by atoms with van der Waals surface area (Å²) >= 11 is 0. The number of guanidine groups is 1. The number of nitrogens with zero attached hydrogens (tertiary/aromatic N) is 2. The molecule has 1 spiro atoms. The molecular weight excluding hydrogens is 467 g/mol. The number of aryl methyl sites for hydroxylation is 1. The van der Waals surface area contributed by atoms with Crippen LogP contribution in [0.5, 0.6) is 0 Å². The molecule has 1 amide bonds. The molecule has 1 aromatic rings. The Labute approximate surface area is 184 Å². The van der Waals surface area contributed by atoms with Crippen LogP contribution in [0.1, 0.15) is 43.7 Å². The van der Waals surface area contributed by atoms with Gasteiger partial charge in [0.15, 0.2) is 5.96 Å². The second-order valence-electron chi connectivity index (χ2n) is 8.34. The van der Waals surface area contributed by atoms with E-state index >= 15 is 0 Å². The minimum absolute atomic E-state index is 0. The van der Waals surface area contributed by atoms with Crippen LogP contribution in [0.2, 0.25) is 0 Å². The molecule has 3 N–H and O–H groups in total. The number of hydrogen-bond donors (Lipinski definition) is 3. The molecule has 2 fully saturated rings. The number of halogens is 1. The Morgan fingerprint density at radius 3 is 2.93 bits per heavy atom. The highest BCUT2D eigenvalue weighted by Gasteiger charge is 2.42. The van der Waals surface area contributed by atoms with E-state index in [-0.39, 0.29) is 35.3 Å². The van der Waals surface area contributed by atoms with Gasteiger partial charge in [-0.15, -0.1) is 24.0 Å². The summed E-state index contributed by atoms with van der Waals surface area (Å²) in [6.45, 7) is 5.76. The van der Waals surface area contributed by atoms with Gasteiger partial charge in [-0.05, 0) is 43.7 Å². The first kappa shape index (κ1) is 21.4. The number of likely N-dealkylation sites (tertiary alicyclic amines) is 1. The summed E-state index contributed by atoms with van der Waals surface area (Å²) in [5.41, 5.74) is 1.40.